The number of rotatable bonds is 6. The van der Waals surface area contributed by atoms with E-state index in [0.717, 1.165) is 21.6 Å². The van der Waals surface area contributed by atoms with Crippen LogP contribution in [0, 0.1) is 4.77 Å². The number of nitrogens with one attached hydrogen (secondary N) is 1. The number of ether oxygens (including phenoxy) is 1. The van der Waals surface area contributed by atoms with E-state index >= 15 is 0 Å². The maximum Gasteiger partial charge on any atom is 0.178 e. The second-order valence-corrected chi connectivity index (χ2v) is 5.41. The van der Waals surface area contributed by atoms with Crippen LogP contribution in [0.15, 0.2) is 18.2 Å². The molecule has 0 fully saturated rings. The minimum atomic E-state index is 0.432. The van der Waals surface area contributed by atoms with Gasteiger partial charge in [0.25, 0.3) is 0 Å². The first-order valence-corrected chi connectivity index (χ1v) is 7.36. The smallest absolute Gasteiger partial charge is 0.178 e. The Labute approximate surface area is 119 Å². The van der Waals surface area contributed by atoms with E-state index in [9.17, 15) is 0 Å². The number of H-pyrrole nitrogens is 1. The van der Waals surface area contributed by atoms with Gasteiger partial charge < -0.3 is 14.3 Å². The molecule has 2 aromatic rings. The Morgan fingerprint density at radius 2 is 2.16 bits per heavy atom. The molecule has 1 aromatic carbocycles. The van der Waals surface area contributed by atoms with Crippen LogP contribution < -0.4 is 4.74 Å². The van der Waals surface area contributed by atoms with Gasteiger partial charge in [-0.3, -0.25) is 0 Å². The van der Waals surface area contributed by atoms with Crippen molar-refractivity contribution in [3.63, 3.8) is 0 Å². The quantitative estimate of drug-likeness (QED) is 0.604. The van der Waals surface area contributed by atoms with Gasteiger partial charge in [0.05, 0.1) is 18.1 Å². The average Bonchev–Trinajstić information content (AvgIpc) is 2.73. The van der Waals surface area contributed by atoms with E-state index in [-0.39, 0.29) is 0 Å². The second-order valence-electron chi connectivity index (χ2n) is 5.03. The van der Waals surface area contributed by atoms with Gasteiger partial charge in [-0.1, -0.05) is 26.2 Å². The number of hydrogen-bond acceptors (Lipinski definition) is 2. The maximum absolute atomic E-state index is 5.45. The summed E-state index contributed by atoms with van der Waals surface area (Å²) in [6, 6.07) is 6.50. The van der Waals surface area contributed by atoms with Gasteiger partial charge in [-0.15, -0.1) is 0 Å². The fraction of sp³-hybridized carbons (Fsp3) is 0.533. The third-order valence-electron chi connectivity index (χ3n) is 3.59. The van der Waals surface area contributed by atoms with E-state index in [1.165, 1.54) is 25.7 Å². The third kappa shape index (κ3) is 3.00. The van der Waals surface area contributed by atoms with E-state index in [0.29, 0.717) is 6.04 Å². The van der Waals surface area contributed by atoms with Crippen molar-refractivity contribution >= 4 is 23.3 Å². The monoisotopic (exact) mass is 278 g/mol. The van der Waals surface area contributed by atoms with Crippen LogP contribution in [0.2, 0.25) is 0 Å². The van der Waals surface area contributed by atoms with Crippen molar-refractivity contribution in [1.82, 2.24) is 9.55 Å². The predicted molar refractivity (Wildman–Crippen MR) is 82.5 cm³/mol. The lowest BCUT2D eigenvalue weighted by atomic mass is 10.1. The summed E-state index contributed by atoms with van der Waals surface area (Å²) in [6.45, 7) is 4.47. The van der Waals surface area contributed by atoms with E-state index in [2.05, 4.69) is 29.5 Å². The molecule has 0 amide bonds. The first kappa shape index (κ1) is 14.1. The second kappa shape index (κ2) is 6.24. The largest absolute Gasteiger partial charge is 0.497 e. The van der Waals surface area contributed by atoms with Crippen LogP contribution in [0.25, 0.3) is 11.0 Å². The Kier molecular flexibility index (Phi) is 4.64. The molecule has 2 rings (SSSR count). The van der Waals surface area contributed by atoms with Crippen molar-refractivity contribution in [3.05, 3.63) is 23.0 Å². The molecular formula is C15H22N2OS. The molecule has 3 nitrogen and oxygen atoms in total. The Bertz CT molecular complexity index is 600. The molecule has 1 unspecified atom stereocenters. The minimum Gasteiger partial charge on any atom is -0.497 e. The highest BCUT2D eigenvalue weighted by Gasteiger charge is 2.11. The molecule has 104 valence electrons. The Hall–Kier alpha value is -1.29. The number of fused-ring (bicyclic) bond motifs is 1. The number of methoxy groups -OCH3 is 1. The van der Waals surface area contributed by atoms with Crippen LogP contribution in [0.1, 0.15) is 45.6 Å². The molecule has 1 aromatic heterocycles. The highest BCUT2D eigenvalue weighted by atomic mass is 32.1. The molecule has 19 heavy (non-hydrogen) atoms. The van der Waals surface area contributed by atoms with Gasteiger partial charge in [-0.05, 0) is 37.7 Å². The van der Waals surface area contributed by atoms with Gasteiger partial charge in [0.15, 0.2) is 4.77 Å². The number of imidazole rings is 1. The summed E-state index contributed by atoms with van der Waals surface area (Å²) in [5.41, 5.74) is 2.21. The van der Waals surface area contributed by atoms with Crippen molar-refractivity contribution in [2.45, 2.75) is 45.6 Å². The maximum atomic E-state index is 5.45. The SMILES string of the molecule is CCCCCC(C)n1c(=S)[nH]c2cc(OC)ccc21. The molecule has 0 spiro atoms. The first-order chi connectivity index (χ1) is 9.17. The lowest BCUT2D eigenvalue weighted by molar-refractivity contribution is 0.415. The molecule has 0 aliphatic rings. The molecule has 0 saturated heterocycles. The summed E-state index contributed by atoms with van der Waals surface area (Å²) in [4.78, 5) is 3.27. The van der Waals surface area contributed by atoms with Crippen molar-refractivity contribution in [2.75, 3.05) is 7.11 Å². The zero-order valence-corrected chi connectivity index (χ0v) is 12.7. The normalized spacial score (nSPS) is 12.8. The van der Waals surface area contributed by atoms with Crippen LogP contribution >= 0.6 is 12.2 Å². The summed E-state index contributed by atoms with van der Waals surface area (Å²) >= 11 is 5.45. The van der Waals surface area contributed by atoms with Gasteiger partial charge in [-0.25, -0.2) is 0 Å². The number of aromatic nitrogens is 2. The van der Waals surface area contributed by atoms with Crippen LogP contribution in [0.3, 0.4) is 0 Å². The number of aromatic amines is 1. The summed E-state index contributed by atoms with van der Waals surface area (Å²) < 4.78 is 8.27. The molecule has 1 atom stereocenters. The van der Waals surface area contributed by atoms with Crippen molar-refractivity contribution in [1.29, 1.82) is 0 Å². The van der Waals surface area contributed by atoms with Crippen LogP contribution in [-0.4, -0.2) is 16.7 Å². The molecular weight excluding hydrogens is 256 g/mol. The predicted octanol–water partition coefficient (Wildman–Crippen LogP) is 4.85. The van der Waals surface area contributed by atoms with E-state index in [1.807, 2.05) is 12.1 Å². The highest BCUT2D eigenvalue weighted by Crippen LogP contribution is 2.25. The first-order valence-electron chi connectivity index (χ1n) is 6.95. The Morgan fingerprint density at radius 1 is 1.37 bits per heavy atom. The zero-order chi connectivity index (χ0) is 13.8. The lowest BCUT2D eigenvalue weighted by Crippen LogP contribution is -2.05. The van der Waals surface area contributed by atoms with E-state index in [4.69, 9.17) is 17.0 Å². The van der Waals surface area contributed by atoms with Gasteiger partial charge >= 0.3 is 0 Å². The molecule has 0 radical (unpaired) electrons. The molecule has 0 aliphatic carbocycles. The average molecular weight is 278 g/mol. The fourth-order valence-electron chi connectivity index (χ4n) is 2.49. The van der Waals surface area contributed by atoms with Gasteiger partial charge in [0, 0.05) is 12.1 Å². The molecule has 0 aliphatic heterocycles. The van der Waals surface area contributed by atoms with Gasteiger partial charge in [0.2, 0.25) is 0 Å². The van der Waals surface area contributed by atoms with E-state index in [1.54, 1.807) is 7.11 Å². The van der Waals surface area contributed by atoms with Crippen molar-refractivity contribution in [2.24, 2.45) is 0 Å². The molecule has 1 heterocycles. The number of unbranched alkanes of at least 4 members (excludes halogenated alkanes) is 2. The highest BCUT2D eigenvalue weighted by molar-refractivity contribution is 7.71. The molecule has 1 N–H and O–H groups in total. The van der Waals surface area contributed by atoms with Gasteiger partial charge in [-0.2, -0.15) is 0 Å². The topological polar surface area (TPSA) is 29.9 Å². The van der Waals surface area contributed by atoms with Gasteiger partial charge in [0.1, 0.15) is 5.75 Å². The summed E-state index contributed by atoms with van der Waals surface area (Å²) in [5, 5.41) is 0. The molecule has 4 heteroatoms. The summed E-state index contributed by atoms with van der Waals surface area (Å²) in [5.74, 6) is 0.856. The van der Waals surface area contributed by atoms with Crippen molar-refractivity contribution < 1.29 is 4.74 Å². The number of benzene rings is 1. The minimum absolute atomic E-state index is 0.432. The van der Waals surface area contributed by atoms with Crippen LogP contribution in [-0.2, 0) is 0 Å². The standard InChI is InChI=1S/C15H22N2OS/c1-4-5-6-7-11(2)17-14-9-8-12(18-3)10-13(14)16-15(17)19/h8-11H,4-7H2,1-3H3,(H,16,19). The number of hydrogen-bond donors (Lipinski definition) is 1. The fourth-order valence-corrected chi connectivity index (χ4v) is 2.88. The Balaban J connectivity index is 2.32. The summed E-state index contributed by atoms with van der Waals surface area (Å²) in [7, 11) is 1.68. The van der Waals surface area contributed by atoms with E-state index < -0.39 is 0 Å². The molecule has 0 bridgehead atoms. The Morgan fingerprint density at radius 3 is 2.84 bits per heavy atom. The lowest BCUT2D eigenvalue weighted by Gasteiger charge is -2.14. The zero-order valence-electron chi connectivity index (χ0n) is 11.9. The molecule has 0 saturated carbocycles. The third-order valence-corrected chi connectivity index (χ3v) is 3.89. The van der Waals surface area contributed by atoms with Crippen molar-refractivity contribution in [3.8, 4) is 5.75 Å². The van der Waals surface area contributed by atoms with Crippen LogP contribution in [0.4, 0.5) is 0 Å². The van der Waals surface area contributed by atoms with Crippen LogP contribution in [0.5, 0.6) is 5.75 Å². The number of nitrogens with zero attached hydrogens (tertiary/aromatic N) is 1. The summed E-state index contributed by atoms with van der Waals surface area (Å²) in [6.07, 6.45) is 4.96.